The van der Waals surface area contributed by atoms with E-state index in [1.54, 1.807) is 0 Å². The maximum absolute atomic E-state index is 5.95. The van der Waals surface area contributed by atoms with Gasteiger partial charge < -0.3 is 9.47 Å². The van der Waals surface area contributed by atoms with E-state index in [4.69, 9.17) is 9.47 Å². The minimum atomic E-state index is 0.472. The smallest absolute Gasteiger partial charge is 0.125 e. The van der Waals surface area contributed by atoms with E-state index in [1.165, 1.54) is 5.56 Å². The SMILES string of the molecule is CCc1cc(OCC=C(Br)Br)cc(C)c1OCCC(C)Br. The van der Waals surface area contributed by atoms with E-state index in [9.17, 15) is 0 Å². The number of alkyl halides is 1. The number of hydrogen-bond donors (Lipinski definition) is 0. The van der Waals surface area contributed by atoms with Gasteiger partial charge >= 0.3 is 0 Å². The summed E-state index contributed by atoms with van der Waals surface area (Å²) in [5, 5.41) is 0. The van der Waals surface area contributed by atoms with Gasteiger partial charge in [0.1, 0.15) is 18.1 Å². The molecule has 118 valence electrons. The second kappa shape index (κ2) is 9.90. The molecule has 0 N–H and O–H groups in total. The van der Waals surface area contributed by atoms with Crippen molar-refractivity contribution in [3.05, 3.63) is 32.7 Å². The highest BCUT2D eigenvalue weighted by molar-refractivity contribution is 9.28. The molecule has 0 heterocycles. The molecule has 0 aliphatic carbocycles. The summed E-state index contributed by atoms with van der Waals surface area (Å²) in [7, 11) is 0. The standard InChI is InChI=1S/C16H21Br3O2/c1-4-13-10-14(20-8-6-15(18)19)9-11(2)16(13)21-7-5-12(3)17/h6,9-10,12H,4-5,7-8H2,1-3H3. The molecule has 0 radical (unpaired) electrons. The second-order valence-corrected chi connectivity index (χ2v) is 9.14. The van der Waals surface area contributed by atoms with Crippen LogP contribution in [0.2, 0.25) is 0 Å². The van der Waals surface area contributed by atoms with E-state index in [-0.39, 0.29) is 0 Å². The topological polar surface area (TPSA) is 18.5 Å². The van der Waals surface area contributed by atoms with Crippen LogP contribution in [0, 0.1) is 6.92 Å². The predicted molar refractivity (Wildman–Crippen MR) is 100 cm³/mol. The molecule has 21 heavy (non-hydrogen) atoms. The molecular weight excluding hydrogens is 464 g/mol. The van der Waals surface area contributed by atoms with Gasteiger partial charge in [0.15, 0.2) is 0 Å². The maximum Gasteiger partial charge on any atom is 0.125 e. The predicted octanol–water partition coefficient (Wildman–Crippen LogP) is 6.12. The van der Waals surface area contributed by atoms with E-state index in [0.717, 1.165) is 39.9 Å². The van der Waals surface area contributed by atoms with Crippen molar-refractivity contribution in [2.45, 2.75) is 38.4 Å². The Labute approximate surface area is 152 Å². The first-order valence-electron chi connectivity index (χ1n) is 6.98. The van der Waals surface area contributed by atoms with Crippen LogP contribution in [0.25, 0.3) is 0 Å². The summed E-state index contributed by atoms with van der Waals surface area (Å²) in [6, 6.07) is 4.10. The Hall–Kier alpha value is -0.000000000000000167. The zero-order valence-corrected chi connectivity index (χ0v) is 17.3. The van der Waals surface area contributed by atoms with Crippen molar-refractivity contribution in [2.75, 3.05) is 13.2 Å². The molecule has 1 unspecified atom stereocenters. The molecule has 5 heteroatoms. The molecule has 0 spiro atoms. The molecule has 0 bridgehead atoms. The van der Waals surface area contributed by atoms with Crippen LogP contribution in [0.3, 0.4) is 0 Å². The minimum Gasteiger partial charge on any atom is -0.493 e. The van der Waals surface area contributed by atoms with Gasteiger partial charge in [-0.15, -0.1) is 0 Å². The summed E-state index contributed by atoms with van der Waals surface area (Å²) >= 11 is 10.2. The number of rotatable bonds is 8. The number of halogens is 3. The van der Waals surface area contributed by atoms with Gasteiger partial charge in [0.05, 0.1) is 10.00 Å². The van der Waals surface area contributed by atoms with Crippen LogP contribution in [0.4, 0.5) is 0 Å². The lowest BCUT2D eigenvalue weighted by Crippen LogP contribution is -2.06. The van der Waals surface area contributed by atoms with Gasteiger partial charge in [-0.2, -0.15) is 0 Å². The van der Waals surface area contributed by atoms with Crippen LogP contribution in [0.15, 0.2) is 21.6 Å². The van der Waals surface area contributed by atoms with Crippen molar-refractivity contribution in [1.82, 2.24) is 0 Å². The molecule has 0 aromatic heterocycles. The van der Waals surface area contributed by atoms with Gasteiger partial charge in [-0.3, -0.25) is 0 Å². The highest BCUT2D eigenvalue weighted by atomic mass is 79.9. The molecule has 0 aliphatic heterocycles. The van der Waals surface area contributed by atoms with Crippen molar-refractivity contribution in [1.29, 1.82) is 0 Å². The van der Waals surface area contributed by atoms with E-state index in [0.29, 0.717) is 11.4 Å². The van der Waals surface area contributed by atoms with E-state index in [2.05, 4.69) is 74.6 Å². The number of hydrogen-bond acceptors (Lipinski definition) is 2. The van der Waals surface area contributed by atoms with Crippen LogP contribution in [0.1, 0.15) is 31.4 Å². The monoisotopic (exact) mass is 482 g/mol. The van der Waals surface area contributed by atoms with Crippen LogP contribution in [-0.4, -0.2) is 18.0 Å². The van der Waals surface area contributed by atoms with Crippen molar-refractivity contribution < 1.29 is 9.47 Å². The van der Waals surface area contributed by atoms with Gasteiger partial charge in [0.2, 0.25) is 0 Å². The fraction of sp³-hybridized carbons (Fsp3) is 0.500. The Morgan fingerprint density at radius 2 is 2.00 bits per heavy atom. The van der Waals surface area contributed by atoms with Crippen LogP contribution in [-0.2, 0) is 6.42 Å². The molecule has 1 aromatic rings. The first-order valence-corrected chi connectivity index (χ1v) is 9.48. The van der Waals surface area contributed by atoms with E-state index < -0.39 is 0 Å². The molecule has 0 fully saturated rings. The molecular formula is C16H21Br3O2. The van der Waals surface area contributed by atoms with Gasteiger partial charge in [-0.05, 0) is 81.0 Å². The summed E-state index contributed by atoms with van der Waals surface area (Å²) < 4.78 is 12.6. The highest BCUT2D eigenvalue weighted by Crippen LogP contribution is 2.30. The third-order valence-corrected chi connectivity index (χ3v) is 4.06. The van der Waals surface area contributed by atoms with Crippen molar-refractivity contribution >= 4 is 47.8 Å². The molecule has 0 saturated heterocycles. The molecule has 0 saturated carbocycles. The Morgan fingerprint density at radius 1 is 1.29 bits per heavy atom. The molecule has 1 atom stereocenters. The molecule has 0 amide bonds. The summed E-state index contributed by atoms with van der Waals surface area (Å²) in [4.78, 5) is 0.472. The summed E-state index contributed by atoms with van der Waals surface area (Å²) in [6.07, 6.45) is 3.84. The lowest BCUT2D eigenvalue weighted by Gasteiger charge is -2.16. The van der Waals surface area contributed by atoms with Gasteiger partial charge in [0.25, 0.3) is 0 Å². The average molecular weight is 485 g/mol. The summed E-state index contributed by atoms with van der Waals surface area (Å²) in [5.74, 6) is 1.87. The summed E-state index contributed by atoms with van der Waals surface area (Å²) in [6.45, 7) is 7.57. The normalized spacial score (nSPS) is 11.9. The maximum atomic E-state index is 5.95. The Balaban J connectivity index is 2.79. The van der Waals surface area contributed by atoms with Crippen LogP contribution < -0.4 is 9.47 Å². The molecule has 1 aromatic carbocycles. The Morgan fingerprint density at radius 3 is 2.57 bits per heavy atom. The van der Waals surface area contributed by atoms with Gasteiger partial charge in [-0.1, -0.05) is 29.8 Å². The van der Waals surface area contributed by atoms with E-state index in [1.807, 2.05) is 12.1 Å². The number of benzene rings is 1. The van der Waals surface area contributed by atoms with E-state index >= 15 is 0 Å². The number of ether oxygens (including phenoxy) is 2. The fourth-order valence-corrected chi connectivity index (χ4v) is 2.34. The Bertz CT molecular complexity index is 481. The fourth-order valence-electron chi connectivity index (χ4n) is 1.89. The van der Waals surface area contributed by atoms with Crippen LogP contribution >= 0.6 is 47.8 Å². The quantitative estimate of drug-likeness (QED) is 0.414. The lowest BCUT2D eigenvalue weighted by atomic mass is 10.1. The Kier molecular flexibility index (Phi) is 8.98. The third-order valence-electron chi connectivity index (χ3n) is 2.96. The van der Waals surface area contributed by atoms with Crippen LogP contribution in [0.5, 0.6) is 11.5 Å². The van der Waals surface area contributed by atoms with Crippen molar-refractivity contribution in [3.63, 3.8) is 0 Å². The first kappa shape index (κ1) is 19.0. The average Bonchev–Trinajstić information content (AvgIpc) is 2.39. The second-order valence-electron chi connectivity index (χ2n) is 4.80. The van der Waals surface area contributed by atoms with Gasteiger partial charge in [-0.25, -0.2) is 0 Å². The zero-order chi connectivity index (χ0) is 15.8. The minimum absolute atomic E-state index is 0.472. The number of aryl methyl sites for hydroxylation is 2. The summed E-state index contributed by atoms with van der Waals surface area (Å²) in [5.41, 5.74) is 2.31. The largest absolute Gasteiger partial charge is 0.493 e. The molecule has 0 aliphatic rings. The zero-order valence-electron chi connectivity index (χ0n) is 12.6. The molecule has 1 rings (SSSR count). The highest BCUT2D eigenvalue weighted by Gasteiger charge is 2.10. The third kappa shape index (κ3) is 7.20. The first-order chi connectivity index (χ1) is 9.93. The van der Waals surface area contributed by atoms with Crippen molar-refractivity contribution in [3.8, 4) is 11.5 Å². The lowest BCUT2D eigenvalue weighted by molar-refractivity contribution is 0.305. The molecule has 2 nitrogen and oxygen atoms in total. The van der Waals surface area contributed by atoms with Gasteiger partial charge in [0, 0.05) is 4.83 Å². The van der Waals surface area contributed by atoms with Crippen molar-refractivity contribution in [2.24, 2.45) is 0 Å².